The highest BCUT2D eigenvalue weighted by Gasteiger charge is 2.11. The molecule has 2 heteroatoms. The zero-order valence-electron chi connectivity index (χ0n) is 13.4. The number of nitrogens with one attached hydrogen (secondary N) is 1. The predicted molar refractivity (Wildman–Crippen MR) is 88.8 cm³/mol. The number of ether oxygens (including phenoxy) is 1. The first kappa shape index (κ1) is 15.6. The Hall–Kier alpha value is -1.80. The molecule has 2 rings (SSSR count). The van der Waals surface area contributed by atoms with Crippen LogP contribution in [-0.2, 0) is 0 Å². The monoisotopic (exact) mass is 283 g/mol. The molecule has 2 atom stereocenters. The lowest BCUT2D eigenvalue weighted by Gasteiger charge is -2.21. The van der Waals surface area contributed by atoms with Gasteiger partial charge in [0.2, 0.25) is 0 Å². The first-order valence-corrected chi connectivity index (χ1v) is 7.65. The summed E-state index contributed by atoms with van der Waals surface area (Å²) in [4.78, 5) is 0. The molecule has 112 valence electrons. The van der Waals surface area contributed by atoms with Crippen molar-refractivity contribution in [1.29, 1.82) is 0 Å². The summed E-state index contributed by atoms with van der Waals surface area (Å²) in [6, 6.07) is 17.6. The maximum Gasteiger partial charge on any atom is 0.119 e. The van der Waals surface area contributed by atoms with E-state index >= 15 is 0 Å². The molecular weight excluding hydrogens is 258 g/mol. The molecule has 0 bridgehead atoms. The fourth-order valence-electron chi connectivity index (χ4n) is 2.53. The molecule has 0 aromatic heterocycles. The maximum absolute atomic E-state index is 5.48. The standard InChI is InChI=1S/C19H25NO/c1-5-21-19-11-9-17(10-12-19)15(3)20-16(4)18-8-6-7-14(2)13-18/h6-13,15-16,20H,5H2,1-4H3. The molecule has 2 unspecified atom stereocenters. The van der Waals surface area contributed by atoms with Gasteiger partial charge < -0.3 is 10.1 Å². The lowest BCUT2D eigenvalue weighted by molar-refractivity contribution is 0.340. The molecule has 2 nitrogen and oxygen atoms in total. The van der Waals surface area contributed by atoms with Gasteiger partial charge in [-0.15, -0.1) is 0 Å². The number of aryl methyl sites for hydroxylation is 1. The smallest absolute Gasteiger partial charge is 0.119 e. The molecule has 1 N–H and O–H groups in total. The van der Waals surface area contributed by atoms with Gasteiger partial charge in [0.15, 0.2) is 0 Å². The molecule has 0 aliphatic carbocycles. The Bertz CT molecular complexity index is 562. The van der Waals surface area contributed by atoms with Crippen molar-refractivity contribution >= 4 is 0 Å². The van der Waals surface area contributed by atoms with Gasteiger partial charge in [-0.25, -0.2) is 0 Å². The third-order valence-corrected chi connectivity index (χ3v) is 3.73. The molecule has 0 spiro atoms. The summed E-state index contributed by atoms with van der Waals surface area (Å²) in [6.07, 6.45) is 0. The highest BCUT2D eigenvalue weighted by Crippen LogP contribution is 2.22. The third-order valence-electron chi connectivity index (χ3n) is 3.73. The SMILES string of the molecule is CCOc1ccc(C(C)NC(C)c2cccc(C)c2)cc1. The van der Waals surface area contributed by atoms with Gasteiger partial charge in [-0.1, -0.05) is 42.0 Å². The predicted octanol–water partition coefficient (Wildman–Crippen LogP) is 4.81. The van der Waals surface area contributed by atoms with E-state index in [-0.39, 0.29) is 0 Å². The van der Waals surface area contributed by atoms with Crippen LogP contribution in [0.3, 0.4) is 0 Å². The van der Waals surface area contributed by atoms with Crippen molar-refractivity contribution in [3.63, 3.8) is 0 Å². The lowest BCUT2D eigenvalue weighted by Crippen LogP contribution is -2.22. The normalized spacial score (nSPS) is 13.7. The Morgan fingerprint density at radius 1 is 0.952 bits per heavy atom. The van der Waals surface area contributed by atoms with Crippen molar-refractivity contribution < 1.29 is 4.74 Å². The van der Waals surface area contributed by atoms with Crippen LogP contribution in [0, 0.1) is 6.92 Å². The quantitative estimate of drug-likeness (QED) is 0.821. The van der Waals surface area contributed by atoms with E-state index in [1.807, 2.05) is 19.1 Å². The minimum Gasteiger partial charge on any atom is -0.494 e. The molecule has 2 aromatic carbocycles. The first-order valence-electron chi connectivity index (χ1n) is 7.65. The summed E-state index contributed by atoms with van der Waals surface area (Å²) in [5.74, 6) is 0.931. The van der Waals surface area contributed by atoms with E-state index in [0.717, 1.165) is 5.75 Å². The molecule has 0 saturated heterocycles. The second kappa shape index (κ2) is 7.28. The molecule has 2 aromatic rings. The van der Waals surface area contributed by atoms with Crippen LogP contribution in [0.2, 0.25) is 0 Å². The molecule has 0 aliphatic rings. The van der Waals surface area contributed by atoms with Gasteiger partial charge in [-0.3, -0.25) is 0 Å². The van der Waals surface area contributed by atoms with Crippen molar-refractivity contribution in [3.05, 3.63) is 65.2 Å². The molecule has 0 radical (unpaired) electrons. The Balaban J connectivity index is 2.01. The largest absolute Gasteiger partial charge is 0.494 e. The highest BCUT2D eigenvalue weighted by atomic mass is 16.5. The number of rotatable bonds is 6. The van der Waals surface area contributed by atoms with E-state index in [1.165, 1.54) is 16.7 Å². The summed E-state index contributed by atoms with van der Waals surface area (Å²) in [5, 5.41) is 3.65. The Kier molecular flexibility index (Phi) is 5.40. The van der Waals surface area contributed by atoms with Gasteiger partial charge in [0.05, 0.1) is 6.61 Å². The number of hydrogen-bond acceptors (Lipinski definition) is 2. The summed E-state index contributed by atoms with van der Waals surface area (Å²) >= 11 is 0. The van der Waals surface area contributed by atoms with E-state index in [4.69, 9.17) is 4.74 Å². The second-order valence-corrected chi connectivity index (χ2v) is 5.53. The zero-order chi connectivity index (χ0) is 15.2. The van der Waals surface area contributed by atoms with Crippen LogP contribution in [0.15, 0.2) is 48.5 Å². The maximum atomic E-state index is 5.48. The van der Waals surface area contributed by atoms with Gasteiger partial charge in [0.25, 0.3) is 0 Å². The highest BCUT2D eigenvalue weighted by molar-refractivity contribution is 5.30. The first-order chi connectivity index (χ1) is 10.1. The minimum atomic E-state index is 0.302. The van der Waals surface area contributed by atoms with Gasteiger partial charge in [0, 0.05) is 12.1 Å². The fraction of sp³-hybridized carbons (Fsp3) is 0.368. The van der Waals surface area contributed by atoms with Gasteiger partial charge in [-0.2, -0.15) is 0 Å². The summed E-state index contributed by atoms with van der Waals surface area (Å²) in [7, 11) is 0. The molecular formula is C19H25NO. The second-order valence-electron chi connectivity index (χ2n) is 5.53. The fourth-order valence-corrected chi connectivity index (χ4v) is 2.53. The summed E-state index contributed by atoms with van der Waals surface area (Å²) in [5.41, 5.74) is 3.90. The van der Waals surface area contributed by atoms with Crippen molar-refractivity contribution in [2.75, 3.05) is 6.61 Å². The van der Waals surface area contributed by atoms with E-state index in [2.05, 4.69) is 62.5 Å². The summed E-state index contributed by atoms with van der Waals surface area (Å²) in [6.45, 7) is 9.24. The van der Waals surface area contributed by atoms with Crippen LogP contribution in [-0.4, -0.2) is 6.61 Å². The average Bonchev–Trinajstić information content (AvgIpc) is 2.48. The zero-order valence-corrected chi connectivity index (χ0v) is 13.4. The molecule has 0 saturated carbocycles. The van der Waals surface area contributed by atoms with Crippen LogP contribution in [0.5, 0.6) is 5.75 Å². The topological polar surface area (TPSA) is 21.3 Å². The molecule has 0 heterocycles. The van der Waals surface area contributed by atoms with Crippen molar-refractivity contribution in [2.45, 2.75) is 39.8 Å². The van der Waals surface area contributed by atoms with Gasteiger partial charge in [0.1, 0.15) is 5.75 Å². The van der Waals surface area contributed by atoms with Gasteiger partial charge >= 0.3 is 0 Å². The minimum absolute atomic E-state index is 0.302. The van der Waals surface area contributed by atoms with Crippen LogP contribution in [0.4, 0.5) is 0 Å². The molecule has 0 fully saturated rings. The Morgan fingerprint density at radius 3 is 2.24 bits per heavy atom. The summed E-state index contributed by atoms with van der Waals surface area (Å²) < 4.78 is 5.48. The van der Waals surface area contributed by atoms with E-state index in [0.29, 0.717) is 18.7 Å². The van der Waals surface area contributed by atoms with Crippen LogP contribution >= 0.6 is 0 Å². The molecule has 0 amide bonds. The molecule has 21 heavy (non-hydrogen) atoms. The van der Waals surface area contributed by atoms with Crippen molar-refractivity contribution in [2.24, 2.45) is 0 Å². The Morgan fingerprint density at radius 2 is 1.62 bits per heavy atom. The van der Waals surface area contributed by atoms with Gasteiger partial charge in [-0.05, 0) is 51.0 Å². The average molecular weight is 283 g/mol. The molecule has 0 aliphatic heterocycles. The lowest BCUT2D eigenvalue weighted by atomic mass is 10.0. The van der Waals surface area contributed by atoms with E-state index in [1.54, 1.807) is 0 Å². The third kappa shape index (κ3) is 4.33. The van der Waals surface area contributed by atoms with Crippen LogP contribution in [0.25, 0.3) is 0 Å². The Labute approximate surface area is 128 Å². The van der Waals surface area contributed by atoms with Crippen LogP contribution in [0.1, 0.15) is 49.5 Å². The number of benzene rings is 2. The van der Waals surface area contributed by atoms with E-state index < -0.39 is 0 Å². The number of hydrogen-bond donors (Lipinski definition) is 1. The van der Waals surface area contributed by atoms with Crippen molar-refractivity contribution in [1.82, 2.24) is 5.32 Å². The van der Waals surface area contributed by atoms with Crippen molar-refractivity contribution in [3.8, 4) is 5.75 Å². The van der Waals surface area contributed by atoms with E-state index in [9.17, 15) is 0 Å². The van der Waals surface area contributed by atoms with Crippen LogP contribution < -0.4 is 10.1 Å².